The number of halogens is 2. The summed E-state index contributed by atoms with van der Waals surface area (Å²) in [6.45, 7) is 1.81. The number of para-hydroxylation sites is 3. The lowest BCUT2D eigenvalue weighted by molar-refractivity contribution is -0.116. The molecular formula is C34H23ClFN5O3. The van der Waals surface area contributed by atoms with Crippen molar-refractivity contribution in [3.05, 3.63) is 130 Å². The first-order chi connectivity index (χ1) is 21.4. The predicted octanol–water partition coefficient (Wildman–Crippen LogP) is 7.39. The lowest BCUT2D eigenvalue weighted by atomic mass is 10.1. The zero-order chi connectivity index (χ0) is 30.4. The molecule has 216 valence electrons. The summed E-state index contributed by atoms with van der Waals surface area (Å²) >= 11 is 6.19. The maximum Gasteiger partial charge on any atom is 0.282 e. The number of anilines is 1. The number of hydrogen-bond acceptors (Lipinski definition) is 5. The number of carbonyl (C=O) groups excluding carboxylic acids is 1. The minimum atomic E-state index is -0.513. The second-order valence-corrected chi connectivity index (χ2v) is 10.7. The number of fused-ring (bicyclic) bond motifs is 3. The van der Waals surface area contributed by atoms with E-state index in [1.807, 2.05) is 41.8 Å². The number of furan rings is 1. The standard InChI is InChI=1S/C34H23ClFN5O3/c1-20-25(23-8-3-7-13-29(23)40(20)19-32(42)38-28-12-6-4-10-26(28)36)18-37-41-33(39-27-11-5-2-9-24(27)34(41)43)31-17-21-16-22(35)14-15-30(21)44-31/h2-18H,19H2,1H3,(H,38,42). The van der Waals surface area contributed by atoms with Crippen LogP contribution in [-0.2, 0) is 11.3 Å². The Labute approximate surface area is 254 Å². The van der Waals surface area contributed by atoms with Crippen LogP contribution in [0.15, 0.2) is 111 Å². The average molecular weight is 604 g/mol. The van der Waals surface area contributed by atoms with Gasteiger partial charge in [-0.15, -0.1) is 0 Å². The van der Waals surface area contributed by atoms with Gasteiger partial charge in [0.05, 0.1) is 22.8 Å². The van der Waals surface area contributed by atoms with Gasteiger partial charge in [-0.1, -0.05) is 54.1 Å². The maximum absolute atomic E-state index is 14.2. The van der Waals surface area contributed by atoms with E-state index in [4.69, 9.17) is 21.0 Å². The molecule has 10 heteroatoms. The highest BCUT2D eigenvalue weighted by atomic mass is 35.5. The highest BCUT2D eigenvalue weighted by Gasteiger charge is 2.19. The zero-order valence-electron chi connectivity index (χ0n) is 23.3. The van der Waals surface area contributed by atoms with E-state index in [0.29, 0.717) is 32.8 Å². The number of aromatic nitrogens is 3. The highest BCUT2D eigenvalue weighted by molar-refractivity contribution is 6.31. The molecule has 44 heavy (non-hydrogen) atoms. The predicted molar refractivity (Wildman–Crippen MR) is 171 cm³/mol. The molecule has 0 fully saturated rings. The first-order valence-electron chi connectivity index (χ1n) is 13.8. The zero-order valence-corrected chi connectivity index (χ0v) is 24.0. The van der Waals surface area contributed by atoms with Crippen molar-refractivity contribution in [3.63, 3.8) is 0 Å². The summed E-state index contributed by atoms with van der Waals surface area (Å²) in [6, 6.07) is 27.7. The minimum Gasteiger partial charge on any atom is -0.453 e. The van der Waals surface area contributed by atoms with Crippen molar-refractivity contribution in [2.45, 2.75) is 13.5 Å². The fraction of sp³-hybridized carbons (Fsp3) is 0.0588. The molecule has 0 bridgehead atoms. The molecule has 0 unspecified atom stereocenters. The molecular weight excluding hydrogens is 581 g/mol. The van der Waals surface area contributed by atoms with Gasteiger partial charge in [-0.2, -0.15) is 9.78 Å². The van der Waals surface area contributed by atoms with Gasteiger partial charge in [0.15, 0.2) is 5.76 Å². The first kappa shape index (κ1) is 27.3. The van der Waals surface area contributed by atoms with Gasteiger partial charge >= 0.3 is 0 Å². The molecule has 0 aliphatic carbocycles. The maximum atomic E-state index is 14.2. The van der Waals surface area contributed by atoms with E-state index in [-0.39, 0.29) is 29.5 Å². The molecule has 0 saturated carbocycles. The van der Waals surface area contributed by atoms with E-state index in [2.05, 4.69) is 10.4 Å². The van der Waals surface area contributed by atoms with Gasteiger partial charge in [-0.05, 0) is 61.5 Å². The third-order valence-corrected chi connectivity index (χ3v) is 7.72. The van der Waals surface area contributed by atoms with Crippen LogP contribution in [0.4, 0.5) is 10.1 Å². The van der Waals surface area contributed by atoms with Crippen LogP contribution in [-0.4, -0.2) is 26.3 Å². The van der Waals surface area contributed by atoms with Crippen LogP contribution in [0.2, 0.25) is 5.02 Å². The normalized spacial score (nSPS) is 11.7. The largest absolute Gasteiger partial charge is 0.453 e. The third-order valence-electron chi connectivity index (χ3n) is 7.48. The SMILES string of the molecule is Cc1c(C=Nn2c(-c3cc4cc(Cl)ccc4o3)nc3ccccc3c2=O)c2ccccc2n1CC(=O)Nc1ccccc1F. The number of benzene rings is 4. The molecule has 4 aromatic carbocycles. The lowest BCUT2D eigenvalue weighted by Crippen LogP contribution is -2.20. The second kappa shape index (κ2) is 10.9. The van der Waals surface area contributed by atoms with Crippen LogP contribution in [0.1, 0.15) is 11.3 Å². The number of amides is 1. The molecule has 0 radical (unpaired) electrons. The Bertz CT molecular complexity index is 2340. The monoisotopic (exact) mass is 603 g/mol. The van der Waals surface area contributed by atoms with Crippen molar-refractivity contribution >= 4 is 62.2 Å². The Kier molecular flexibility index (Phi) is 6.79. The number of hydrogen-bond donors (Lipinski definition) is 1. The molecule has 7 rings (SSSR count). The summed E-state index contributed by atoms with van der Waals surface area (Å²) in [7, 11) is 0. The number of nitrogens with zero attached hydrogens (tertiary/aromatic N) is 4. The molecule has 7 aromatic rings. The number of nitrogens with one attached hydrogen (secondary N) is 1. The summed E-state index contributed by atoms with van der Waals surface area (Å²) in [5, 5.41) is 9.83. The topological polar surface area (TPSA) is 94.4 Å². The van der Waals surface area contributed by atoms with Crippen LogP contribution in [0.25, 0.3) is 44.4 Å². The fourth-order valence-electron chi connectivity index (χ4n) is 5.35. The Morgan fingerprint density at radius 1 is 1.00 bits per heavy atom. The summed E-state index contributed by atoms with van der Waals surface area (Å²) < 4.78 is 23.3. The summed E-state index contributed by atoms with van der Waals surface area (Å²) in [6.07, 6.45) is 1.59. The Hall–Kier alpha value is -5.54. The second-order valence-electron chi connectivity index (χ2n) is 10.2. The van der Waals surface area contributed by atoms with Gasteiger partial charge in [0.1, 0.15) is 17.9 Å². The van der Waals surface area contributed by atoms with E-state index in [1.165, 1.54) is 16.8 Å². The molecule has 0 atom stereocenters. The van der Waals surface area contributed by atoms with Crippen LogP contribution < -0.4 is 10.9 Å². The Balaban J connectivity index is 1.33. The van der Waals surface area contributed by atoms with Crippen LogP contribution in [0.3, 0.4) is 0 Å². The van der Waals surface area contributed by atoms with Gasteiger partial charge in [-0.25, -0.2) is 9.37 Å². The van der Waals surface area contributed by atoms with Crippen molar-refractivity contribution in [2.24, 2.45) is 5.10 Å². The summed E-state index contributed by atoms with van der Waals surface area (Å²) in [5.74, 6) is -0.320. The van der Waals surface area contributed by atoms with Crippen LogP contribution in [0.5, 0.6) is 0 Å². The smallest absolute Gasteiger partial charge is 0.282 e. The van der Waals surface area contributed by atoms with E-state index in [9.17, 15) is 14.0 Å². The number of rotatable bonds is 6. The van der Waals surface area contributed by atoms with E-state index < -0.39 is 5.82 Å². The Morgan fingerprint density at radius 2 is 1.75 bits per heavy atom. The Morgan fingerprint density at radius 3 is 2.59 bits per heavy atom. The molecule has 8 nitrogen and oxygen atoms in total. The lowest BCUT2D eigenvalue weighted by Gasteiger charge is -2.10. The van der Waals surface area contributed by atoms with Crippen molar-refractivity contribution in [3.8, 4) is 11.6 Å². The van der Waals surface area contributed by atoms with Crippen molar-refractivity contribution in [1.29, 1.82) is 0 Å². The van der Waals surface area contributed by atoms with Crippen LogP contribution in [0, 0.1) is 12.7 Å². The van der Waals surface area contributed by atoms with Gasteiger partial charge in [-0.3, -0.25) is 9.59 Å². The quantitative estimate of drug-likeness (QED) is 0.201. The average Bonchev–Trinajstić information content (AvgIpc) is 3.56. The van der Waals surface area contributed by atoms with Gasteiger partial charge < -0.3 is 14.3 Å². The summed E-state index contributed by atoms with van der Waals surface area (Å²) in [4.78, 5) is 31.5. The molecule has 0 spiro atoms. The molecule has 0 saturated heterocycles. The minimum absolute atomic E-state index is 0.0568. The number of carbonyl (C=O) groups is 1. The first-order valence-corrected chi connectivity index (χ1v) is 14.1. The molecule has 3 heterocycles. The van der Waals surface area contributed by atoms with E-state index >= 15 is 0 Å². The molecule has 3 aromatic heterocycles. The molecule has 1 N–H and O–H groups in total. The summed E-state index contributed by atoms with van der Waals surface area (Å²) in [5.41, 5.74) is 3.07. The molecule has 0 aliphatic rings. The van der Waals surface area contributed by atoms with E-state index in [1.54, 1.807) is 60.8 Å². The van der Waals surface area contributed by atoms with Gasteiger partial charge in [0.25, 0.3) is 5.56 Å². The molecule has 0 aliphatic heterocycles. The highest BCUT2D eigenvalue weighted by Crippen LogP contribution is 2.30. The van der Waals surface area contributed by atoms with Gasteiger partial charge in [0.2, 0.25) is 11.7 Å². The van der Waals surface area contributed by atoms with Crippen molar-refractivity contribution in [2.75, 3.05) is 5.32 Å². The van der Waals surface area contributed by atoms with E-state index in [0.717, 1.165) is 22.0 Å². The third kappa shape index (κ3) is 4.83. The molecule has 1 amide bonds. The van der Waals surface area contributed by atoms with Crippen molar-refractivity contribution in [1.82, 2.24) is 14.2 Å². The van der Waals surface area contributed by atoms with Gasteiger partial charge in [0, 0.05) is 32.6 Å². The van der Waals surface area contributed by atoms with Crippen molar-refractivity contribution < 1.29 is 13.6 Å². The fourth-order valence-corrected chi connectivity index (χ4v) is 5.53. The van der Waals surface area contributed by atoms with Crippen LogP contribution >= 0.6 is 11.6 Å².